The number of benzene rings is 3. The van der Waals surface area contributed by atoms with Gasteiger partial charge in [0.1, 0.15) is 0 Å². The molecule has 0 unspecified atom stereocenters. The Morgan fingerprint density at radius 3 is 1.83 bits per heavy atom. The number of rotatable bonds is 5. The fraction of sp³-hybridized carbons (Fsp3) is 0.0455. The summed E-state index contributed by atoms with van der Waals surface area (Å²) in [5.41, 5.74) is 2.15. The average molecular weight is 453 g/mol. The summed E-state index contributed by atoms with van der Waals surface area (Å²) in [4.78, 5) is 36.5. The first-order chi connectivity index (χ1) is 14.0. The molecule has 0 bridgehead atoms. The number of hydrogen-bond acceptors (Lipinski definition) is 4. The smallest absolute Gasteiger partial charge is 0.337 e. The van der Waals surface area contributed by atoms with E-state index >= 15 is 0 Å². The van der Waals surface area contributed by atoms with Crippen molar-refractivity contribution in [3.63, 3.8) is 0 Å². The van der Waals surface area contributed by atoms with Gasteiger partial charge in [-0.05, 0) is 60.7 Å². The number of halogens is 1. The van der Waals surface area contributed by atoms with Gasteiger partial charge in [0.25, 0.3) is 11.8 Å². The van der Waals surface area contributed by atoms with E-state index in [4.69, 9.17) is 0 Å². The lowest BCUT2D eigenvalue weighted by molar-refractivity contribution is 0.0600. The highest BCUT2D eigenvalue weighted by molar-refractivity contribution is 9.10. The molecule has 0 radical (unpaired) electrons. The summed E-state index contributed by atoms with van der Waals surface area (Å²) in [7, 11) is 1.29. The maximum Gasteiger partial charge on any atom is 0.337 e. The van der Waals surface area contributed by atoms with Crippen molar-refractivity contribution in [1.29, 1.82) is 0 Å². The average Bonchev–Trinajstić information content (AvgIpc) is 2.74. The largest absolute Gasteiger partial charge is 0.465 e. The molecule has 0 aliphatic rings. The highest BCUT2D eigenvalue weighted by Crippen LogP contribution is 2.17. The van der Waals surface area contributed by atoms with Crippen molar-refractivity contribution >= 4 is 45.1 Å². The number of carbonyl (C=O) groups is 3. The Kier molecular flexibility index (Phi) is 6.41. The third-order valence-electron chi connectivity index (χ3n) is 4.03. The number of anilines is 2. The zero-order chi connectivity index (χ0) is 20.8. The molecule has 3 rings (SSSR count). The second-order valence-corrected chi connectivity index (χ2v) is 6.98. The highest BCUT2D eigenvalue weighted by atomic mass is 79.9. The molecule has 2 N–H and O–H groups in total. The van der Waals surface area contributed by atoms with Crippen molar-refractivity contribution in [1.82, 2.24) is 0 Å². The van der Waals surface area contributed by atoms with Gasteiger partial charge in [0, 0.05) is 27.0 Å². The third-order valence-corrected chi connectivity index (χ3v) is 4.56. The van der Waals surface area contributed by atoms with Gasteiger partial charge in [0.2, 0.25) is 0 Å². The predicted molar refractivity (Wildman–Crippen MR) is 114 cm³/mol. The van der Waals surface area contributed by atoms with E-state index in [9.17, 15) is 14.4 Å². The van der Waals surface area contributed by atoms with Gasteiger partial charge in [-0.1, -0.05) is 28.1 Å². The molecule has 3 aromatic rings. The van der Waals surface area contributed by atoms with Crippen LogP contribution >= 0.6 is 15.9 Å². The van der Waals surface area contributed by atoms with Crippen molar-refractivity contribution < 1.29 is 19.1 Å². The first-order valence-electron chi connectivity index (χ1n) is 8.63. The monoisotopic (exact) mass is 452 g/mol. The first-order valence-corrected chi connectivity index (χ1v) is 9.42. The second kappa shape index (κ2) is 9.16. The van der Waals surface area contributed by atoms with Gasteiger partial charge in [0.05, 0.1) is 12.7 Å². The van der Waals surface area contributed by atoms with E-state index in [1.807, 2.05) is 0 Å². The Morgan fingerprint density at radius 1 is 0.724 bits per heavy atom. The molecule has 0 aliphatic carbocycles. The summed E-state index contributed by atoms with van der Waals surface area (Å²) in [6.45, 7) is 0. The van der Waals surface area contributed by atoms with Gasteiger partial charge >= 0.3 is 5.97 Å². The van der Waals surface area contributed by atoms with Crippen molar-refractivity contribution in [2.45, 2.75) is 0 Å². The molecule has 0 saturated carbocycles. The lowest BCUT2D eigenvalue weighted by atomic mass is 10.1. The molecule has 0 heterocycles. The van der Waals surface area contributed by atoms with Gasteiger partial charge in [-0.25, -0.2) is 4.79 Å². The number of carbonyl (C=O) groups excluding carboxylic acids is 3. The summed E-state index contributed by atoms with van der Waals surface area (Å²) in [5, 5.41) is 5.50. The van der Waals surface area contributed by atoms with Crippen LogP contribution < -0.4 is 10.6 Å². The molecule has 7 heteroatoms. The van der Waals surface area contributed by atoms with Gasteiger partial charge in [-0.15, -0.1) is 0 Å². The zero-order valence-electron chi connectivity index (χ0n) is 15.4. The molecule has 0 aromatic heterocycles. The minimum atomic E-state index is -0.487. The number of hydrogen-bond donors (Lipinski definition) is 2. The molecule has 6 nitrogen and oxygen atoms in total. The first kappa shape index (κ1) is 20.3. The topological polar surface area (TPSA) is 84.5 Å². The number of ether oxygens (including phenoxy) is 1. The molecule has 2 amide bonds. The van der Waals surface area contributed by atoms with Crippen molar-refractivity contribution in [2.75, 3.05) is 17.7 Å². The lowest BCUT2D eigenvalue weighted by Gasteiger charge is -2.09. The van der Waals surface area contributed by atoms with Crippen LogP contribution in [0.3, 0.4) is 0 Å². The molecule has 29 heavy (non-hydrogen) atoms. The van der Waals surface area contributed by atoms with E-state index in [0.29, 0.717) is 28.1 Å². The fourth-order valence-corrected chi connectivity index (χ4v) is 2.85. The molecular formula is C22H17BrN2O4. The van der Waals surface area contributed by atoms with E-state index in [1.165, 1.54) is 13.2 Å². The van der Waals surface area contributed by atoms with Gasteiger partial charge < -0.3 is 15.4 Å². The fourth-order valence-electron chi connectivity index (χ4n) is 2.59. The Balaban J connectivity index is 1.72. The minimum Gasteiger partial charge on any atom is -0.465 e. The van der Waals surface area contributed by atoms with Crippen LogP contribution in [0.1, 0.15) is 31.1 Å². The van der Waals surface area contributed by atoms with Gasteiger partial charge in [0.15, 0.2) is 0 Å². The van der Waals surface area contributed by atoms with Crippen LogP contribution in [-0.4, -0.2) is 24.9 Å². The van der Waals surface area contributed by atoms with Crippen LogP contribution in [0.5, 0.6) is 0 Å². The van der Waals surface area contributed by atoms with Crippen LogP contribution in [0.2, 0.25) is 0 Å². The third kappa shape index (κ3) is 5.30. The SMILES string of the molecule is COC(=O)c1cccc(NC(=O)c2cccc(NC(=O)c3ccc(Br)cc3)c2)c1. The molecule has 0 saturated heterocycles. The number of esters is 1. The summed E-state index contributed by atoms with van der Waals surface area (Å²) in [6, 6.07) is 20.0. The van der Waals surface area contributed by atoms with E-state index in [2.05, 4.69) is 31.3 Å². The van der Waals surface area contributed by atoms with E-state index < -0.39 is 5.97 Å². The zero-order valence-corrected chi connectivity index (χ0v) is 17.0. The molecule has 0 aliphatic heterocycles. The van der Waals surface area contributed by atoms with Crippen LogP contribution in [0.15, 0.2) is 77.3 Å². The van der Waals surface area contributed by atoms with Gasteiger partial charge in [-0.2, -0.15) is 0 Å². The molecule has 0 atom stereocenters. The number of amides is 2. The minimum absolute atomic E-state index is 0.277. The van der Waals surface area contributed by atoms with Gasteiger partial charge in [-0.3, -0.25) is 9.59 Å². The molecule has 146 valence electrons. The Hall–Kier alpha value is -3.45. The van der Waals surface area contributed by atoms with Crippen LogP contribution in [0.25, 0.3) is 0 Å². The van der Waals surface area contributed by atoms with E-state index in [0.717, 1.165) is 4.47 Å². The quantitative estimate of drug-likeness (QED) is 0.547. The highest BCUT2D eigenvalue weighted by Gasteiger charge is 2.11. The summed E-state index contributed by atoms with van der Waals surface area (Å²) >= 11 is 3.33. The Bertz CT molecular complexity index is 1060. The van der Waals surface area contributed by atoms with E-state index in [1.54, 1.807) is 66.7 Å². The molecular weight excluding hydrogens is 436 g/mol. The maximum absolute atomic E-state index is 12.6. The maximum atomic E-state index is 12.6. The Morgan fingerprint density at radius 2 is 1.24 bits per heavy atom. The van der Waals surface area contributed by atoms with Crippen LogP contribution in [0.4, 0.5) is 11.4 Å². The molecule has 3 aromatic carbocycles. The second-order valence-electron chi connectivity index (χ2n) is 6.07. The number of nitrogens with one attached hydrogen (secondary N) is 2. The number of methoxy groups -OCH3 is 1. The lowest BCUT2D eigenvalue weighted by Crippen LogP contribution is -2.15. The van der Waals surface area contributed by atoms with Crippen molar-refractivity contribution in [3.8, 4) is 0 Å². The van der Waals surface area contributed by atoms with Crippen molar-refractivity contribution in [3.05, 3.63) is 94.0 Å². The summed E-state index contributed by atoms with van der Waals surface area (Å²) in [6.07, 6.45) is 0. The standard InChI is InChI=1S/C22H17BrN2O4/c1-29-22(28)16-5-3-7-19(13-16)25-21(27)15-4-2-6-18(12-15)24-20(26)14-8-10-17(23)11-9-14/h2-13H,1H3,(H,24,26)(H,25,27). The summed E-state index contributed by atoms with van der Waals surface area (Å²) in [5.74, 6) is -1.13. The predicted octanol–water partition coefficient (Wildman–Crippen LogP) is 4.74. The van der Waals surface area contributed by atoms with Crippen LogP contribution in [-0.2, 0) is 4.74 Å². The summed E-state index contributed by atoms with van der Waals surface area (Å²) < 4.78 is 5.56. The van der Waals surface area contributed by atoms with Crippen molar-refractivity contribution in [2.24, 2.45) is 0 Å². The Labute approximate surface area is 176 Å². The van der Waals surface area contributed by atoms with E-state index in [-0.39, 0.29) is 11.8 Å². The van der Waals surface area contributed by atoms with Crippen LogP contribution in [0, 0.1) is 0 Å². The molecule has 0 spiro atoms. The normalized spacial score (nSPS) is 10.1. The molecule has 0 fully saturated rings.